The lowest BCUT2D eigenvalue weighted by molar-refractivity contribution is 0.0322. The van der Waals surface area contributed by atoms with Crippen LogP contribution in [0.4, 0.5) is 0 Å². The fourth-order valence-corrected chi connectivity index (χ4v) is 4.19. The van der Waals surface area contributed by atoms with Crippen molar-refractivity contribution >= 4 is 0 Å². The van der Waals surface area contributed by atoms with Crippen LogP contribution in [-0.4, -0.2) is 25.3 Å². The van der Waals surface area contributed by atoms with E-state index in [1.165, 1.54) is 38.6 Å². The Balaban J connectivity index is 2.04. The molecule has 106 valence electrons. The van der Waals surface area contributed by atoms with Crippen molar-refractivity contribution in [2.75, 3.05) is 13.7 Å². The minimum Gasteiger partial charge on any atom is -0.382 e. The van der Waals surface area contributed by atoms with Gasteiger partial charge < -0.3 is 10.1 Å². The minimum absolute atomic E-state index is 0.227. The van der Waals surface area contributed by atoms with Crippen molar-refractivity contribution in [2.45, 2.75) is 71.4 Å². The topological polar surface area (TPSA) is 21.3 Å². The Morgan fingerprint density at radius 2 is 2.06 bits per heavy atom. The molecule has 0 aliphatic heterocycles. The van der Waals surface area contributed by atoms with E-state index in [2.05, 4.69) is 33.0 Å². The molecule has 0 aromatic heterocycles. The Labute approximate surface area is 113 Å². The Kier molecular flexibility index (Phi) is 4.08. The number of methoxy groups -OCH3 is 1. The van der Waals surface area contributed by atoms with Crippen LogP contribution in [0.15, 0.2) is 0 Å². The van der Waals surface area contributed by atoms with Gasteiger partial charge in [-0.25, -0.2) is 0 Å². The van der Waals surface area contributed by atoms with Crippen LogP contribution < -0.4 is 5.32 Å². The summed E-state index contributed by atoms with van der Waals surface area (Å²) >= 11 is 0. The quantitative estimate of drug-likeness (QED) is 0.808. The van der Waals surface area contributed by atoms with Crippen LogP contribution in [0.5, 0.6) is 0 Å². The summed E-state index contributed by atoms with van der Waals surface area (Å²) in [4.78, 5) is 0. The number of nitrogens with one attached hydrogen (secondary N) is 1. The Morgan fingerprint density at radius 3 is 2.50 bits per heavy atom. The van der Waals surface area contributed by atoms with E-state index in [4.69, 9.17) is 4.74 Å². The third-order valence-corrected chi connectivity index (χ3v) is 5.17. The molecule has 0 heterocycles. The first-order chi connectivity index (χ1) is 8.35. The zero-order valence-corrected chi connectivity index (χ0v) is 12.9. The van der Waals surface area contributed by atoms with E-state index in [0.29, 0.717) is 11.5 Å². The largest absolute Gasteiger partial charge is 0.382 e. The SMILES string of the molecule is COC(C)CC1(CNC(C)(C)C)CC2CCC1C2. The van der Waals surface area contributed by atoms with Crippen molar-refractivity contribution in [1.29, 1.82) is 0 Å². The lowest BCUT2D eigenvalue weighted by Gasteiger charge is -2.41. The molecule has 0 saturated heterocycles. The van der Waals surface area contributed by atoms with Gasteiger partial charge in [0.1, 0.15) is 0 Å². The second-order valence-electron chi connectivity index (χ2n) is 7.80. The van der Waals surface area contributed by atoms with Gasteiger partial charge in [0.05, 0.1) is 6.10 Å². The van der Waals surface area contributed by atoms with Gasteiger partial charge in [-0.1, -0.05) is 6.42 Å². The lowest BCUT2D eigenvalue weighted by atomic mass is 9.69. The fourth-order valence-electron chi connectivity index (χ4n) is 4.19. The van der Waals surface area contributed by atoms with E-state index in [-0.39, 0.29) is 5.54 Å². The highest BCUT2D eigenvalue weighted by Crippen LogP contribution is 2.58. The Morgan fingerprint density at radius 1 is 1.33 bits per heavy atom. The normalized spacial score (nSPS) is 37.2. The zero-order valence-electron chi connectivity index (χ0n) is 12.9. The molecule has 2 bridgehead atoms. The molecule has 0 radical (unpaired) electrons. The van der Waals surface area contributed by atoms with Crippen molar-refractivity contribution in [3.8, 4) is 0 Å². The molecular formula is C16H31NO. The molecule has 2 nitrogen and oxygen atoms in total. The van der Waals surface area contributed by atoms with Gasteiger partial charge in [-0.05, 0) is 70.6 Å². The second kappa shape index (κ2) is 5.13. The van der Waals surface area contributed by atoms with E-state index < -0.39 is 0 Å². The monoisotopic (exact) mass is 253 g/mol. The molecule has 2 fully saturated rings. The molecule has 2 heteroatoms. The van der Waals surface area contributed by atoms with Crippen LogP contribution in [0.1, 0.15) is 59.8 Å². The first kappa shape index (κ1) is 14.3. The van der Waals surface area contributed by atoms with Gasteiger partial charge in [-0.15, -0.1) is 0 Å². The van der Waals surface area contributed by atoms with Crippen LogP contribution in [0.2, 0.25) is 0 Å². The second-order valence-corrected chi connectivity index (χ2v) is 7.80. The first-order valence-corrected chi connectivity index (χ1v) is 7.62. The van der Waals surface area contributed by atoms with E-state index in [9.17, 15) is 0 Å². The smallest absolute Gasteiger partial charge is 0.0549 e. The summed E-state index contributed by atoms with van der Waals surface area (Å²) in [6.07, 6.45) is 7.45. The number of hydrogen-bond donors (Lipinski definition) is 1. The van der Waals surface area contributed by atoms with Crippen LogP contribution in [0, 0.1) is 17.3 Å². The number of rotatable bonds is 5. The van der Waals surface area contributed by atoms with Gasteiger partial charge >= 0.3 is 0 Å². The molecule has 0 spiro atoms. The van der Waals surface area contributed by atoms with Gasteiger partial charge in [-0.2, -0.15) is 0 Å². The van der Waals surface area contributed by atoms with Crippen LogP contribution in [0.25, 0.3) is 0 Å². The summed E-state index contributed by atoms with van der Waals surface area (Å²) in [7, 11) is 1.85. The van der Waals surface area contributed by atoms with Crippen molar-refractivity contribution in [2.24, 2.45) is 17.3 Å². The Bertz CT molecular complexity index is 283. The maximum atomic E-state index is 5.55. The third kappa shape index (κ3) is 3.08. The molecule has 2 aliphatic rings. The molecule has 4 atom stereocenters. The van der Waals surface area contributed by atoms with E-state index in [1.807, 2.05) is 7.11 Å². The van der Waals surface area contributed by atoms with Crippen molar-refractivity contribution in [3.63, 3.8) is 0 Å². The summed E-state index contributed by atoms with van der Waals surface area (Å²) in [5.41, 5.74) is 0.733. The first-order valence-electron chi connectivity index (χ1n) is 7.62. The predicted octanol–water partition coefficient (Wildman–Crippen LogP) is 3.61. The van der Waals surface area contributed by atoms with Crippen LogP contribution in [0.3, 0.4) is 0 Å². The van der Waals surface area contributed by atoms with Crippen molar-refractivity contribution in [1.82, 2.24) is 5.32 Å². The van der Waals surface area contributed by atoms with Gasteiger partial charge in [0.2, 0.25) is 0 Å². The molecule has 2 rings (SSSR count). The summed E-state index contributed by atoms with van der Waals surface area (Å²) < 4.78 is 5.55. The Hall–Kier alpha value is -0.0800. The number of hydrogen-bond acceptors (Lipinski definition) is 2. The average molecular weight is 253 g/mol. The highest BCUT2D eigenvalue weighted by molar-refractivity contribution is 5.02. The third-order valence-electron chi connectivity index (χ3n) is 5.17. The maximum Gasteiger partial charge on any atom is 0.0549 e. The average Bonchev–Trinajstić information content (AvgIpc) is 2.86. The van der Waals surface area contributed by atoms with Crippen LogP contribution >= 0.6 is 0 Å². The van der Waals surface area contributed by atoms with Crippen LogP contribution in [-0.2, 0) is 4.74 Å². The minimum atomic E-state index is 0.227. The highest BCUT2D eigenvalue weighted by Gasteiger charge is 2.51. The molecule has 2 aliphatic carbocycles. The predicted molar refractivity (Wildman–Crippen MR) is 76.7 cm³/mol. The summed E-state index contributed by atoms with van der Waals surface area (Å²) in [6.45, 7) is 10.2. The molecule has 18 heavy (non-hydrogen) atoms. The zero-order chi connectivity index (χ0) is 13.4. The van der Waals surface area contributed by atoms with Gasteiger partial charge in [0, 0.05) is 19.2 Å². The molecule has 0 aromatic rings. The molecular weight excluding hydrogens is 222 g/mol. The lowest BCUT2D eigenvalue weighted by Crippen LogP contribution is -2.47. The van der Waals surface area contributed by atoms with Gasteiger partial charge in [0.15, 0.2) is 0 Å². The van der Waals surface area contributed by atoms with E-state index in [1.54, 1.807) is 0 Å². The summed E-state index contributed by atoms with van der Waals surface area (Å²) in [5.74, 6) is 1.94. The summed E-state index contributed by atoms with van der Waals surface area (Å²) in [5, 5.41) is 3.76. The number of fused-ring (bicyclic) bond motifs is 2. The van der Waals surface area contributed by atoms with Crippen molar-refractivity contribution < 1.29 is 4.74 Å². The fraction of sp³-hybridized carbons (Fsp3) is 1.00. The molecule has 0 aromatic carbocycles. The maximum absolute atomic E-state index is 5.55. The van der Waals surface area contributed by atoms with Gasteiger partial charge in [-0.3, -0.25) is 0 Å². The molecule has 2 saturated carbocycles. The van der Waals surface area contributed by atoms with E-state index >= 15 is 0 Å². The molecule has 0 amide bonds. The molecule has 1 N–H and O–H groups in total. The molecule has 4 unspecified atom stereocenters. The summed E-state index contributed by atoms with van der Waals surface area (Å²) in [6, 6.07) is 0. The van der Waals surface area contributed by atoms with Gasteiger partial charge in [0.25, 0.3) is 0 Å². The standard InChI is InChI=1S/C16H31NO/c1-12(18-5)9-16(11-17-15(2,3)4)10-13-6-7-14(16)8-13/h12-14,17H,6-11H2,1-5H3. The number of ether oxygens (including phenoxy) is 1. The van der Waals surface area contributed by atoms with Crippen molar-refractivity contribution in [3.05, 3.63) is 0 Å². The van der Waals surface area contributed by atoms with E-state index in [0.717, 1.165) is 11.8 Å². The highest BCUT2D eigenvalue weighted by atomic mass is 16.5.